The van der Waals surface area contributed by atoms with E-state index in [0.29, 0.717) is 11.1 Å². The van der Waals surface area contributed by atoms with Gasteiger partial charge in [0.25, 0.3) is 0 Å². The van der Waals surface area contributed by atoms with Crippen molar-refractivity contribution < 1.29 is 46.1 Å². The monoisotopic (exact) mass is 864 g/mol. The van der Waals surface area contributed by atoms with Gasteiger partial charge in [-0.3, -0.25) is 4.79 Å². The third-order valence-corrected chi connectivity index (χ3v) is 14.9. The number of hydrogen-bond donors (Lipinski definition) is 2. The Kier molecular flexibility index (Phi) is 16.1. The van der Waals surface area contributed by atoms with E-state index in [0.717, 1.165) is 28.8 Å². The molecule has 2 aromatic heterocycles. The second-order valence-corrected chi connectivity index (χ2v) is 21.6. The first-order valence-corrected chi connectivity index (χ1v) is 23.9. The standard InChI is InChI=1S/C41H56N2O10S4/c1-8-18-52-19-16-42(56(48,49)27-31-9-11-36-33(23-31)13-20-54-36)35(38(45)46)22-30(4)26-41(25-29(2)3,39(47)53-40(5,6)7)43(15-17-44)57(50,51)28-32-10-12-37-34(24-32)14-21-55-37/h8-14,20-21,23-24,29-30,35,44H,1,15-19,22,25-28H2,2-7H3,(H,45,46)/t30?,35-,41+/m1/s1. The summed E-state index contributed by atoms with van der Waals surface area (Å²) in [6, 6.07) is 12.8. The molecule has 0 aliphatic rings. The molecule has 57 heavy (non-hydrogen) atoms. The number of fused-ring (bicyclic) bond motifs is 2. The Hall–Kier alpha value is -3.22. The van der Waals surface area contributed by atoms with Gasteiger partial charge in [0.15, 0.2) is 0 Å². The number of carboxylic acid groups (broad SMARTS) is 1. The second kappa shape index (κ2) is 19.7. The molecule has 0 spiro atoms. The first kappa shape index (κ1) is 46.5. The summed E-state index contributed by atoms with van der Waals surface area (Å²) in [6.07, 6.45) is 0.991. The molecule has 2 heterocycles. The Balaban J connectivity index is 1.77. The summed E-state index contributed by atoms with van der Waals surface area (Å²) >= 11 is 3.05. The van der Waals surface area contributed by atoms with Crippen molar-refractivity contribution in [3.05, 3.63) is 83.1 Å². The quantitative estimate of drug-likeness (QED) is 0.0440. The van der Waals surface area contributed by atoms with Crippen molar-refractivity contribution in [1.82, 2.24) is 8.61 Å². The van der Waals surface area contributed by atoms with Crippen LogP contribution in [0.2, 0.25) is 0 Å². The van der Waals surface area contributed by atoms with Crippen LogP contribution in [-0.2, 0) is 50.6 Å². The number of carbonyl (C=O) groups excluding carboxylic acids is 1. The number of carbonyl (C=O) groups is 2. The molecule has 0 saturated carbocycles. The van der Waals surface area contributed by atoms with E-state index in [1.807, 2.05) is 48.9 Å². The Bertz CT molecular complexity index is 2210. The van der Waals surface area contributed by atoms with Crippen molar-refractivity contribution >= 4 is 74.8 Å². The Morgan fingerprint density at radius 3 is 1.91 bits per heavy atom. The number of carboxylic acids is 1. The van der Waals surface area contributed by atoms with Crippen LogP contribution in [0.1, 0.15) is 71.9 Å². The highest BCUT2D eigenvalue weighted by Crippen LogP contribution is 2.39. The zero-order valence-corrected chi connectivity index (χ0v) is 36.8. The highest BCUT2D eigenvalue weighted by atomic mass is 32.2. The predicted octanol–water partition coefficient (Wildman–Crippen LogP) is 7.27. The highest BCUT2D eigenvalue weighted by Gasteiger charge is 2.53. The first-order chi connectivity index (χ1) is 26.7. The van der Waals surface area contributed by atoms with Crippen LogP contribution >= 0.6 is 22.7 Å². The van der Waals surface area contributed by atoms with E-state index in [4.69, 9.17) is 9.47 Å². The third-order valence-electron chi connectivity index (χ3n) is 9.37. The van der Waals surface area contributed by atoms with Crippen LogP contribution in [0.5, 0.6) is 0 Å². The summed E-state index contributed by atoms with van der Waals surface area (Å²) < 4.78 is 73.2. The smallest absolute Gasteiger partial charge is 0.328 e. The molecule has 12 nitrogen and oxygen atoms in total. The van der Waals surface area contributed by atoms with Gasteiger partial charge in [-0.15, -0.1) is 29.3 Å². The molecule has 0 aliphatic carbocycles. The molecule has 16 heteroatoms. The molecule has 0 bridgehead atoms. The molecule has 0 amide bonds. The minimum Gasteiger partial charge on any atom is -0.480 e. The number of sulfonamides is 2. The number of ether oxygens (including phenoxy) is 2. The van der Waals surface area contributed by atoms with Crippen molar-refractivity contribution in [3.63, 3.8) is 0 Å². The van der Waals surface area contributed by atoms with Gasteiger partial charge in [0.05, 0.1) is 31.3 Å². The van der Waals surface area contributed by atoms with E-state index in [2.05, 4.69) is 6.58 Å². The summed E-state index contributed by atoms with van der Waals surface area (Å²) in [7, 11) is -8.64. The molecule has 0 saturated heterocycles. The number of benzene rings is 2. The van der Waals surface area contributed by atoms with Gasteiger partial charge in [0, 0.05) is 22.5 Å². The number of aliphatic hydroxyl groups excluding tert-OH is 1. The van der Waals surface area contributed by atoms with Crippen LogP contribution in [-0.4, -0.2) is 97.7 Å². The van der Waals surface area contributed by atoms with Crippen LogP contribution in [0, 0.1) is 11.8 Å². The number of hydrogen-bond acceptors (Lipinski definition) is 11. The van der Waals surface area contributed by atoms with Gasteiger partial charge in [-0.05, 0) is 121 Å². The second-order valence-electron chi connectivity index (χ2n) is 15.9. The van der Waals surface area contributed by atoms with Crippen LogP contribution in [0.15, 0.2) is 71.9 Å². The fourth-order valence-electron chi connectivity index (χ4n) is 7.30. The van der Waals surface area contributed by atoms with Gasteiger partial charge >= 0.3 is 11.9 Å². The van der Waals surface area contributed by atoms with Crippen LogP contribution in [0.25, 0.3) is 20.2 Å². The van der Waals surface area contributed by atoms with E-state index < -0.39 is 79.7 Å². The fourth-order valence-corrected chi connectivity index (χ4v) is 12.4. The van der Waals surface area contributed by atoms with Gasteiger partial charge in [0.2, 0.25) is 20.0 Å². The average molecular weight is 865 g/mol. The lowest BCUT2D eigenvalue weighted by molar-refractivity contribution is -0.169. The van der Waals surface area contributed by atoms with Crippen molar-refractivity contribution in [2.75, 3.05) is 32.9 Å². The molecule has 4 aromatic rings. The molecule has 314 valence electrons. The molecule has 0 fully saturated rings. The summed E-state index contributed by atoms with van der Waals surface area (Å²) in [5.41, 5.74) is -1.96. The predicted molar refractivity (Wildman–Crippen MR) is 228 cm³/mol. The number of aliphatic hydroxyl groups is 1. The van der Waals surface area contributed by atoms with Crippen molar-refractivity contribution in [1.29, 1.82) is 0 Å². The van der Waals surface area contributed by atoms with Crippen LogP contribution < -0.4 is 0 Å². The molecule has 2 N–H and O–H groups in total. The number of β-amino-alcohol motifs (C(OH)–C–C–N with tert-alkyl or cyclic N) is 1. The number of rotatable bonds is 23. The summed E-state index contributed by atoms with van der Waals surface area (Å²) in [5.74, 6) is -4.20. The highest BCUT2D eigenvalue weighted by molar-refractivity contribution is 7.88. The lowest BCUT2D eigenvalue weighted by Gasteiger charge is -2.44. The lowest BCUT2D eigenvalue weighted by Crippen LogP contribution is -2.61. The zero-order chi connectivity index (χ0) is 42.2. The van der Waals surface area contributed by atoms with Gasteiger partial charge in [-0.25, -0.2) is 21.6 Å². The minimum atomic E-state index is -4.36. The van der Waals surface area contributed by atoms with Crippen LogP contribution in [0.3, 0.4) is 0 Å². The SMILES string of the molecule is C=CCOCCN([C@H](CC(C)C[C@@](CC(C)C)(C(=O)OC(C)(C)C)N(CCO)S(=O)(=O)Cc1ccc2sccc2c1)C(=O)O)S(=O)(=O)Cc1ccc2sccc2c1. The Labute approximate surface area is 345 Å². The molecule has 2 aromatic carbocycles. The maximum Gasteiger partial charge on any atom is 0.328 e. The number of nitrogens with zero attached hydrogens (tertiary/aromatic N) is 2. The minimum absolute atomic E-state index is 0.0186. The molecule has 4 rings (SSSR count). The summed E-state index contributed by atoms with van der Waals surface area (Å²) in [4.78, 5) is 27.8. The van der Waals surface area contributed by atoms with E-state index in [9.17, 15) is 36.6 Å². The first-order valence-electron chi connectivity index (χ1n) is 18.9. The maximum absolute atomic E-state index is 14.6. The van der Waals surface area contributed by atoms with E-state index in [-0.39, 0.29) is 44.9 Å². The number of aliphatic carboxylic acids is 1. The van der Waals surface area contributed by atoms with Crippen LogP contribution in [0.4, 0.5) is 0 Å². The lowest BCUT2D eigenvalue weighted by atomic mass is 9.79. The summed E-state index contributed by atoms with van der Waals surface area (Å²) in [6.45, 7) is 12.7. The van der Waals surface area contributed by atoms with Gasteiger partial charge in [-0.1, -0.05) is 39.0 Å². The number of thiophene rings is 2. The Morgan fingerprint density at radius 2 is 1.42 bits per heavy atom. The van der Waals surface area contributed by atoms with Gasteiger partial charge < -0.3 is 19.7 Å². The summed E-state index contributed by atoms with van der Waals surface area (Å²) in [5, 5.41) is 26.6. The van der Waals surface area contributed by atoms with Crippen molar-refractivity contribution in [3.8, 4) is 0 Å². The van der Waals surface area contributed by atoms with Gasteiger partial charge in [0.1, 0.15) is 17.2 Å². The largest absolute Gasteiger partial charge is 0.480 e. The molecular weight excluding hydrogens is 809 g/mol. The molecule has 0 aliphatic heterocycles. The van der Waals surface area contributed by atoms with Crippen molar-refractivity contribution in [2.24, 2.45) is 11.8 Å². The maximum atomic E-state index is 14.6. The number of esters is 1. The zero-order valence-electron chi connectivity index (χ0n) is 33.5. The molecule has 0 radical (unpaired) electrons. The Morgan fingerprint density at radius 1 is 0.860 bits per heavy atom. The fraction of sp³-hybridized carbons (Fsp3) is 0.512. The van der Waals surface area contributed by atoms with Gasteiger partial charge in [-0.2, -0.15) is 8.61 Å². The molecular formula is C41H56N2O10S4. The topological polar surface area (TPSA) is 168 Å². The third kappa shape index (κ3) is 12.4. The normalized spacial score (nSPS) is 15.0. The molecule has 3 atom stereocenters. The molecule has 1 unspecified atom stereocenters. The van der Waals surface area contributed by atoms with E-state index in [1.165, 1.54) is 28.7 Å². The average Bonchev–Trinajstić information content (AvgIpc) is 3.77. The van der Waals surface area contributed by atoms with E-state index in [1.54, 1.807) is 52.0 Å². The van der Waals surface area contributed by atoms with Crippen molar-refractivity contribution in [2.45, 2.75) is 89.5 Å². The van der Waals surface area contributed by atoms with E-state index >= 15 is 0 Å².